The molecule has 0 aliphatic carbocycles. The molecule has 0 saturated heterocycles. The van der Waals surface area contributed by atoms with Crippen molar-refractivity contribution >= 4 is 27.3 Å². The molecule has 0 unspecified atom stereocenters. The topological polar surface area (TPSA) is 41.1 Å². The first-order valence-electron chi connectivity index (χ1n) is 5.88. The lowest BCUT2D eigenvalue weighted by molar-refractivity contribution is 0.0958. The molecule has 0 saturated carbocycles. The van der Waals surface area contributed by atoms with Crippen LogP contribution in [0.1, 0.15) is 16.6 Å². The summed E-state index contributed by atoms with van der Waals surface area (Å²) in [6.45, 7) is 4.25. The second kappa shape index (κ2) is 5.93. The van der Waals surface area contributed by atoms with E-state index in [0.29, 0.717) is 11.4 Å². The van der Waals surface area contributed by atoms with Crippen LogP contribution >= 0.6 is 11.3 Å². The Bertz CT molecular complexity index is 553. The SMILES string of the molecule is CCNCCNC(=O)c1cc2ccc(F)cc2s1. The molecular weight excluding hydrogens is 251 g/mol. The smallest absolute Gasteiger partial charge is 0.261 e. The Labute approximate surface area is 109 Å². The van der Waals surface area contributed by atoms with Crippen molar-refractivity contribution in [2.24, 2.45) is 0 Å². The molecule has 18 heavy (non-hydrogen) atoms. The van der Waals surface area contributed by atoms with Crippen LogP contribution in [0.15, 0.2) is 24.3 Å². The van der Waals surface area contributed by atoms with E-state index in [4.69, 9.17) is 0 Å². The molecular formula is C13H15FN2OS. The lowest BCUT2D eigenvalue weighted by atomic mass is 10.2. The maximum Gasteiger partial charge on any atom is 0.261 e. The number of carbonyl (C=O) groups is 1. The fraction of sp³-hybridized carbons (Fsp3) is 0.308. The Balaban J connectivity index is 2.04. The molecule has 2 N–H and O–H groups in total. The summed E-state index contributed by atoms with van der Waals surface area (Å²) >= 11 is 1.31. The molecule has 0 aliphatic rings. The largest absolute Gasteiger partial charge is 0.350 e. The summed E-state index contributed by atoms with van der Waals surface area (Å²) in [6.07, 6.45) is 0. The van der Waals surface area contributed by atoms with Gasteiger partial charge in [0.25, 0.3) is 5.91 Å². The number of benzene rings is 1. The van der Waals surface area contributed by atoms with Gasteiger partial charge in [-0.3, -0.25) is 4.79 Å². The van der Waals surface area contributed by atoms with Gasteiger partial charge in [-0.15, -0.1) is 11.3 Å². The van der Waals surface area contributed by atoms with Gasteiger partial charge in [0.15, 0.2) is 0 Å². The van der Waals surface area contributed by atoms with Gasteiger partial charge in [0.05, 0.1) is 4.88 Å². The second-order valence-electron chi connectivity index (χ2n) is 3.90. The Morgan fingerprint density at radius 3 is 2.94 bits per heavy atom. The molecule has 2 rings (SSSR count). The molecule has 1 aromatic carbocycles. The minimum Gasteiger partial charge on any atom is -0.350 e. The van der Waals surface area contributed by atoms with Crippen LogP contribution in [0.2, 0.25) is 0 Å². The normalized spacial score (nSPS) is 10.8. The summed E-state index contributed by atoms with van der Waals surface area (Å²) in [4.78, 5) is 12.5. The van der Waals surface area contributed by atoms with Crippen molar-refractivity contribution in [2.45, 2.75) is 6.92 Å². The minimum absolute atomic E-state index is 0.102. The molecule has 1 amide bonds. The Morgan fingerprint density at radius 1 is 1.33 bits per heavy atom. The number of fused-ring (bicyclic) bond motifs is 1. The highest BCUT2D eigenvalue weighted by molar-refractivity contribution is 7.20. The van der Waals surface area contributed by atoms with Crippen LogP contribution in [0.4, 0.5) is 4.39 Å². The van der Waals surface area contributed by atoms with Crippen molar-refractivity contribution < 1.29 is 9.18 Å². The Kier molecular flexibility index (Phi) is 4.28. The zero-order valence-electron chi connectivity index (χ0n) is 10.1. The number of hydrogen-bond acceptors (Lipinski definition) is 3. The molecule has 5 heteroatoms. The Morgan fingerprint density at radius 2 is 2.17 bits per heavy atom. The number of likely N-dealkylation sites (N-methyl/N-ethyl adjacent to an activating group) is 1. The molecule has 2 aromatic rings. The lowest BCUT2D eigenvalue weighted by Crippen LogP contribution is -2.31. The number of hydrogen-bond donors (Lipinski definition) is 2. The molecule has 96 valence electrons. The third-order valence-corrected chi connectivity index (χ3v) is 3.64. The van der Waals surface area contributed by atoms with Crippen molar-refractivity contribution in [3.63, 3.8) is 0 Å². The molecule has 0 fully saturated rings. The predicted octanol–water partition coefficient (Wildman–Crippen LogP) is 2.38. The summed E-state index contributed by atoms with van der Waals surface area (Å²) in [7, 11) is 0. The van der Waals surface area contributed by atoms with Gasteiger partial charge in [-0.05, 0) is 30.1 Å². The van der Waals surface area contributed by atoms with Crippen LogP contribution in [-0.4, -0.2) is 25.5 Å². The molecule has 3 nitrogen and oxygen atoms in total. The zero-order valence-corrected chi connectivity index (χ0v) is 10.9. The van der Waals surface area contributed by atoms with E-state index in [1.165, 1.54) is 23.5 Å². The maximum atomic E-state index is 13.0. The third kappa shape index (κ3) is 3.05. The van der Waals surface area contributed by atoms with Gasteiger partial charge in [0.2, 0.25) is 0 Å². The van der Waals surface area contributed by atoms with Crippen molar-refractivity contribution in [3.05, 3.63) is 35.0 Å². The van der Waals surface area contributed by atoms with Crippen LogP contribution in [0, 0.1) is 5.82 Å². The summed E-state index contributed by atoms with van der Waals surface area (Å²) in [5.41, 5.74) is 0. The standard InChI is InChI=1S/C13H15FN2OS/c1-2-15-5-6-16-13(17)12-7-9-3-4-10(14)8-11(9)18-12/h3-4,7-8,15H,2,5-6H2,1H3,(H,16,17). The fourth-order valence-corrected chi connectivity index (χ4v) is 2.65. The monoisotopic (exact) mass is 266 g/mol. The molecule has 0 radical (unpaired) electrons. The average molecular weight is 266 g/mol. The quantitative estimate of drug-likeness (QED) is 0.816. The van der Waals surface area contributed by atoms with E-state index in [-0.39, 0.29) is 11.7 Å². The summed E-state index contributed by atoms with van der Waals surface area (Å²) in [5.74, 6) is -0.377. The van der Waals surface area contributed by atoms with Crippen molar-refractivity contribution in [2.75, 3.05) is 19.6 Å². The van der Waals surface area contributed by atoms with E-state index in [9.17, 15) is 9.18 Å². The van der Waals surface area contributed by atoms with Crippen LogP contribution < -0.4 is 10.6 Å². The van der Waals surface area contributed by atoms with Crippen LogP contribution in [0.25, 0.3) is 10.1 Å². The Hall–Kier alpha value is -1.46. The number of halogens is 1. The highest BCUT2D eigenvalue weighted by atomic mass is 32.1. The predicted molar refractivity (Wildman–Crippen MR) is 72.7 cm³/mol. The van der Waals surface area contributed by atoms with Gasteiger partial charge in [-0.2, -0.15) is 0 Å². The first-order valence-corrected chi connectivity index (χ1v) is 6.70. The highest BCUT2D eigenvalue weighted by Crippen LogP contribution is 2.26. The first-order chi connectivity index (χ1) is 8.70. The molecule has 0 bridgehead atoms. The summed E-state index contributed by atoms with van der Waals surface area (Å²) in [5, 5.41) is 6.85. The molecule has 0 atom stereocenters. The molecule has 1 heterocycles. The van der Waals surface area contributed by atoms with E-state index >= 15 is 0 Å². The van der Waals surface area contributed by atoms with Crippen molar-refractivity contribution in [1.82, 2.24) is 10.6 Å². The van der Waals surface area contributed by atoms with E-state index in [1.807, 2.05) is 6.92 Å². The van der Waals surface area contributed by atoms with Gasteiger partial charge >= 0.3 is 0 Å². The van der Waals surface area contributed by atoms with Crippen LogP contribution in [0.5, 0.6) is 0 Å². The average Bonchev–Trinajstić information content (AvgIpc) is 2.77. The van der Waals surface area contributed by atoms with Gasteiger partial charge in [0, 0.05) is 17.8 Å². The van der Waals surface area contributed by atoms with E-state index in [2.05, 4.69) is 10.6 Å². The summed E-state index contributed by atoms with van der Waals surface area (Å²) in [6, 6.07) is 6.34. The molecule has 0 spiro atoms. The maximum absolute atomic E-state index is 13.0. The van der Waals surface area contributed by atoms with E-state index in [0.717, 1.165) is 23.2 Å². The van der Waals surface area contributed by atoms with Crippen molar-refractivity contribution in [1.29, 1.82) is 0 Å². The van der Waals surface area contributed by atoms with Crippen LogP contribution in [-0.2, 0) is 0 Å². The highest BCUT2D eigenvalue weighted by Gasteiger charge is 2.09. The second-order valence-corrected chi connectivity index (χ2v) is 4.99. The fourth-order valence-electron chi connectivity index (χ4n) is 1.65. The van der Waals surface area contributed by atoms with Crippen molar-refractivity contribution in [3.8, 4) is 0 Å². The van der Waals surface area contributed by atoms with E-state index < -0.39 is 0 Å². The number of carbonyl (C=O) groups excluding carboxylic acids is 1. The van der Waals surface area contributed by atoms with Gasteiger partial charge in [-0.25, -0.2) is 4.39 Å². The van der Waals surface area contributed by atoms with Gasteiger partial charge in [-0.1, -0.05) is 13.0 Å². The number of amides is 1. The minimum atomic E-state index is -0.275. The first kappa shape index (κ1) is 13.0. The van der Waals surface area contributed by atoms with E-state index in [1.54, 1.807) is 12.1 Å². The van der Waals surface area contributed by atoms with Crippen LogP contribution in [0.3, 0.4) is 0 Å². The third-order valence-electron chi connectivity index (χ3n) is 2.54. The molecule has 0 aliphatic heterocycles. The number of thiophene rings is 1. The molecule has 1 aromatic heterocycles. The summed E-state index contributed by atoms with van der Waals surface area (Å²) < 4.78 is 13.8. The number of rotatable bonds is 5. The van der Waals surface area contributed by atoms with Gasteiger partial charge in [0.1, 0.15) is 5.82 Å². The number of nitrogens with one attached hydrogen (secondary N) is 2. The lowest BCUT2D eigenvalue weighted by Gasteiger charge is -2.03. The van der Waals surface area contributed by atoms with Gasteiger partial charge < -0.3 is 10.6 Å². The zero-order chi connectivity index (χ0) is 13.0.